The molecule has 1 saturated heterocycles. The largest absolute Gasteiger partial charge is 0.484 e. The number of aryl methyl sites for hydroxylation is 2. The Hall–Kier alpha value is -3.22. The molecule has 1 N–H and O–H groups in total. The quantitative estimate of drug-likeness (QED) is 0.776. The molecule has 0 saturated carbocycles. The first kappa shape index (κ1) is 20.7. The summed E-state index contributed by atoms with van der Waals surface area (Å²) < 4.78 is 16.4. The number of nitrogens with zero attached hydrogens (tertiary/aromatic N) is 1. The normalized spacial score (nSPS) is 17.6. The monoisotopic (exact) mass is 436 g/mol. The fraction of sp³-hybridized carbons (Fsp3) is 0.440. The van der Waals surface area contributed by atoms with Gasteiger partial charge in [0.05, 0.1) is 0 Å². The van der Waals surface area contributed by atoms with Gasteiger partial charge in [-0.3, -0.25) is 9.59 Å². The second-order valence-corrected chi connectivity index (χ2v) is 8.64. The van der Waals surface area contributed by atoms with Gasteiger partial charge >= 0.3 is 0 Å². The molecule has 2 aromatic rings. The van der Waals surface area contributed by atoms with Crippen LogP contribution in [0.1, 0.15) is 36.8 Å². The van der Waals surface area contributed by atoms with Crippen molar-refractivity contribution in [1.82, 2.24) is 4.90 Å². The van der Waals surface area contributed by atoms with Crippen molar-refractivity contribution in [3.8, 4) is 17.2 Å². The average molecular weight is 437 g/mol. The average Bonchev–Trinajstić information content (AvgIpc) is 3.30. The summed E-state index contributed by atoms with van der Waals surface area (Å²) in [7, 11) is 0. The zero-order chi connectivity index (χ0) is 21.9. The van der Waals surface area contributed by atoms with Gasteiger partial charge in [-0.15, -0.1) is 0 Å². The molecule has 0 spiro atoms. The van der Waals surface area contributed by atoms with Gasteiger partial charge in [-0.1, -0.05) is 6.07 Å². The molecule has 32 heavy (non-hydrogen) atoms. The van der Waals surface area contributed by atoms with Gasteiger partial charge in [-0.05, 0) is 73.9 Å². The highest BCUT2D eigenvalue weighted by Gasteiger charge is 2.28. The topological polar surface area (TPSA) is 77.1 Å². The molecule has 2 heterocycles. The molecule has 7 nitrogen and oxygen atoms in total. The van der Waals surface area contributed by atoms with Gasteiger partial charge in [0, 0.05) is 30.8 Å². The third kappa shape index (κ3) is 4.52. The van der Waals surface area contributed by atoms with Crippen LogP contribution in [0.3, 0.4) is 0 Å². The third-order valence-electron chi connectivity index (χ3n) is 6.54. The van der Waals surface area contributed by atoms with Crippen molar-refractivity contribution >= 4 is 17.5 Å². The molecule has 2 aliphatic heterocycles. The van der Waals surface area contributed by atoms with Crippen LogP contribution < -0.4 is 19.5 Å². The van der Waals surface area contributed by atoms with Crippen LogP contribution in [0.2, 0.25) is 0 Å². The van der Waals surface area contributed by atoms with E-state index in [0.717, 1.165) is 18.6 Å². The number of fused-ring (bicyclic) bond motifs is 2. The third-order valence-corrected chi connectivity index (χ3v) is 6.54. The molecular weight excluding hydrogens is 408 g/mol. The fourth-order valence-corrected chi connectivity index (χ4v) is 4.65. The maximum Gasteiger partial charge on any atom is 0.260 e. The van der Waals surface area contributed by atoms with Crippen LogP contribution in [0.15, 0.2) is 36.4 Å². The lowest BCUT2D eigenvalue weighted by Gasteiger charge is -2.31. The number of hydrogen-bond acceptors (Lipinski definition) is 5. The lowest BCUT2D eigenvalue weighted by Crippen LogP contribution is -2.43. The van der Waals surface area contributed by atoms with E-state index >= 15 is 0 Å². The Balaban J connectivity index is 1.09. The standard InChI is InChI=1S/C25H28N2O5/c28-24(15-30-21-7-5-17-3-1-2-4-19(17)13-21)27-11-9-18(10-12-27)25(29)26-20-6-8-22-23(14-20)32-16-31-22/h5-8,13-14,18H,1-4,9-12,15-16H2,(H,26,29). The SMILES string of the molecule is O=C(Nc1ccc2c(c1)OCO2)C1CCN(C(=O)COc2ccc3c(c2)CCCC3)CC1. The summed E-state index contributed by atoms with van der Waals surface area (Å²) in [5.41, 5.74) is 3.43. The summed E-state index contributed by atoms with van der Waals surface area (Å²) in [6, 6.07) is 11.5. The van der Waals surface area contributed by atoms with Crippen molar-refractivity contribution in [3.63, 3.8) is 0 Å². The minimum atomic E-state index is -0.119. The maximum atomic E-state index is 12.7. The first-order chi connectivity index (χ1) is 15.7. The van der Waals surface area contributed by atoms with Gasteiger partial charge in [0.1, 0.15) is 5.75 Å². The highest BCUT2D eigenvalue weighted by Crippen LogP contribution is 2.34. The molecule has 7 heteroatoms. The van der Waals surface area contributed by atoms with E-state index in [4.69, 9.17) is 14.2 Å². The Labute approximate surface area is 187 Å². The molecule has 0 unspecified atom stereocenters. The van der Waals surface area contributed by atoms with E-state index in [2.05, 4.69) is 17.4 Å². The van der Waals surface area contributed by atoms with Crippen LogP contribution >= 0.6 is 0 Å². The smallest absolute Gasteiger partial charge is 0.260 e. The molecule has 1 aliphatic carbocycles. The molecule has 0 radical (unpaired) electrons. The van der Waals surface area contributed by atoms with Gasteiger partial charge in [0.25, 0.3) is 5.91 Å². The summed E-state index contributed by atoms with van der Waals surface area (Å²) in [5, 5.41) is 2.95. The number of ether oxygens (including phenoxy) is 3. The van der Waals surface area contributed by atoms with Crippen molar-refractivity contribution in [1.29, 1.82) is 0 Å². The van der Waals surface area contributed by atoms with E-state index in [-0.39, 0.29) is 31.1 Å². The number of rotatable bonds is 5. The van der Waals surface area contributed by atoms with Crippen LogP contribution in [0.5, 0.6) is 17.2 Å². The van der Waals surface area contributed by atoms with Crippen molar-refractivity contribution in [2.24, 2.45) is 5.92 Å². The Bertz CT molecular complexity index is 1010. The van der Waals surface area contributed by atoms with Crippen LogP contribution in [0, 0.1) is 5.92 Å². The second kappa shape index (κ2) is 9.10. The highest BCUT2D eigenvalue weighted by atomic mass is 16.7. The van der Waals surface area contributed by atoms with Crippen molar-refractivity contribution in [3.05, 3.63) is 47.5 Å². The number of carbonyl (C=O) groups is 2. The van der Waals surface area contributed by atoms with Gasteiger partial charge in [-0.2, -0.15) is 0 Å². The minimum absolute atomic E-state index is 0.0266. The Morgan fingerprint density at radius 1 is 0.969 bits per heavy atom. The molecule has 168 valence electrons. The predicted octanol–water partition coefficient (Wildman–Crippen LogP) is 3.55. The lowest BCUT2D eigenvalue weighted by molar-refractivity contribution is -0.136. The molecular formula is C25H28N2O5. The fourth-order valence-electron chi connectivity index (χ4n) is 4.65. The van der Waals surface area contributed by atoms with Crippen LogP contribution in [0.4, 0.5) is 5.69 Å². The number of piperidine rings is 1. The lowest BCUT2D eigenvalue weighted by atomic mass is 9.92. The molecule has 2 aromatic carbocycles. The molecule has 3 aliphatic rings. The summed E-state index contributed by atoms with van der Waals surface area (Å²) in [4.78, 5) is 27.1. The van der Waals surface area contributed by atoms with Crippen molar-refractivity contribution < 1.29 is 23.8 Å². The number of amides is 2. The molecule has 5 rings (SSSR count). The molecule has 2 amide bonds. The Morgan fingerprint density at radius 2 is 1.75 bits per heavy atom. The highest BCUT2D eigenvalue weighted by molar-refractivity contribution is 5.93. The summed E-state index contributed by atoms with van der Waals surface area (Å²) in [6.07, 6.45) is 5.96. The Kier molecular flexibility index (Phi) is 5.88. The van der Waals surface area contributed by atoms with E-state index < -0.39 is 0 Å². The van der Waals surface area contributed by atoms with E-state index in [1.165, 1.54) is 24.0 Å². The van der Waals surface area contributed by atoms with Gasteiger partial charge in [0.2, 0.25) is 12.7 Å². The molecule has 0 aromatic heterocycles. The van der Waals surface area contributed by atoms with Crippen LogP contribution in [-0.2, 0) is 22.4 Å². The zero-order valence-corrected chi connectivity index (χ0v) is 18.1. The maximum absolute atomic E-state index is 12.7. The van der Waals surface area contributed by atoms with E-state index in [1.54, 1.807) is 17.0 Å². The van der Waals surface area contributed by atoms with Gasteiger partial charge in [0.15, 0.2) is 18.1 Å². The number of anilines is 1. The van der Waals surface area contributed by atoms with Crippen molar-refractivity contribution in [2.75, 3.05) is 31.8 Å². The van der Waals surface area contributed by atoms with Crippen molar-refractivity contribution in [2.45, 2.75) is 38.5 Å². The summed E-state index contributed by atoms with van der Waals surface area (Å²) >= 11 is 0. The van der Waals surface area contributed by atoms with Crippen LogP contribution in [-0.4, -0.2) is 43.2 Å². The minimum Gasteiger partial charge on any atom is -0.484 e. The predicted molar refractivity (Wildman–Crippen MR) is 119 cm³/mol. The zero-order valence-electron chi connectivity index (χ0n) is 18.1. The second-order valence-electron chi connectivity index (χ2n) is 8.64. The first-order valence-corrected chi connectivity index (χ1v) is 11.4. The summed E-state index contributed by atoms with van der Waals surface area (Å²) in [5.74, 6) is 1.91. The number of likely N-dealkylation sites (tertiary alicyclic amines) is 1. The number of benzene rings is 2. The van der Waals surface area contributed by atoms with Crippen LogP contribution in [0.25, 0.3) is 0 Å². The van der Waals surface area contributed by atoms with E-state index in [1.807, 2.05) is 12.1 Å². The molecule has 1 fully saturated rings. The van der Waals surface area contributed by atoms with E-state index in [9.17, 15) is 9.59 Å². The first-order valence-electron chi connectivity index (χ1n) is 11.4. The molecule has 0 atom stereocenters. The van der Waals surface area contributed by atoms with E-state index in [0.29, 0.717) is 43.1 Å². The number of carbonyl (C=O) groups excluding carboxylic acids is 2. The molecule has 0 bridgehead atoms. The Morgan fingerprint density at radius 3 is 2.59 bits per heavy atom. The van der Waals surface area contributed by atoms with Gasteiger partial charge in [-0.25, -0.2) is 0 Å². The number of hydrogen-bond donors (Lipinski definition) is 1. The van der Waals surface area contributed by atoms with Gasteiger partial charge < -0.3 is 24.4 Å². The summed E-state index contributed by atoms with van der Waals surface area (Å²) in [6.45, 7) is 1.36. The number of nitrogens with one attached hydrogen (secondary N) is 1.